The maximum atomic E-state index is 5.96. The normalized spacial score (nSPS) is 16.6. The monoisotopic (exact) mass is 223 g/mol. The molecule has 0 radical (unpaired) electrons. The van der Waals surface area contributed by atoms with E-state index in [1.165, 1.54) is 23.2 Å². The van der Waals surface area contributed by atoms with Crippen LogP contribution in [0, 0.1) is 0 Å². The Hall–Kier alpha value is -0.690. The van der Waals surface area contributed by atoms with Crippen LogP contribution in [0.5, 0.6) is 0 Å². The molecule has 0 bridgehead atoms. The van der Waals surface area contributed by atoms with Crippen LogP contribution in [0.1, 0.15) is 24.5 Å². The fourth-order valence-corrected chi connectivity index (χ4v) is 2.25. The molecule has 82 valence electrons. The summed E-state index contributed by atoms with van der Waals surface area (Å²) in [6.07, 6.45) is 3.36. The molecule has 1 atom stereocenters. The van der Waals surface area contributed by atoms with Crippen LogP contribution < -0.4 is 4.90 Å². The van der Waals surface area contributed by atoms with Crippen molar-refractivity contribution in [2.24, 2.45) is 0 Å². The van der Waals surface area contributed by atoms with Crippen molar-refractivity contribution in [3.63, 3.8) is 0 Å². The Kier molecular flexibility index (Phi) is 3.20. The zero-order chi connectivity index (χ0) is 10.8. The van der Waals surface area contributed by atoms with E-state index in [9.17, 15) is 0 Å². The Morgan fingerprint density at radius 2 is 2.27 bits per heavy atom. The van der Waals surface area contributed by atoms with E-state index >= 15 is 0 Å². The number of anilines is 1. The summed E-state index contributed by atoms with van der Waals surface area (Å²) in [7, 11) is 2.16. The van der Waals surface area contributed by atoms with Crippen molar-refractivity contribution >= 4 is 17.3 Å². The number of likely N-dealkylation sites (N-methyl/N-ethyl adjacent to an activating group) is 1. The van der Waals surface area contributed by atoms with Crippen molar-refractivity contribution in [2.75, 3.05) is 18.5 Å². The second kappa shape index (κ2) is 4.44. The van der Waals surface area contributed by atoms with Crippen molar-refractivity contribution in [3.05, 3.63) is 29.3 Å². The topological polar surface area (TPSA) is 3.24 Å². The fourth-order valence-electron chi connectivity index (χ4n) is 2.14. The molecule has 0 aromatic heterocycles. The molecule has 15 heavy (non-hydrogen) atoms. The molecule has 0 saturated carbocycles. The van der Waals surface area contributed by atoms with E-state index in [1.807, 2.05) is 0 Å². The predicted octanol–water partition coefficient (Wildman–Crippen LogP) is 3.24. The molecule has 1 aromatic rings. The van der Waals surface area contributed by atoms with E-state index in [-0.39, 0.29) is 5.38 Å². The largest absolute Gasteiger partial charge is 0.374 e. The van der Waals surface area contributed by atoms with E-state index in [0.717, 1.165) is 19.4 Å². The summed E-state index contributed by atoms with van der Waals surface area (Å²) in [5.74, 6) is 0. The lowest BCUT2D eigenvalue weighted by Crippen LogP contribution is -2.12. The van der Waals surface area contributed by atoms with Gasteiger partial charge in [-0.25, -0.2) is 0 Å². The molecule has 0 amide bonds. The Bertz CT molecular complexity index is 346. The van der Waals surface area contributed by atoms with Crippen molar-refractivity contribution in [2.45, 2.75) is 31.6 Å². The minimum atomic E-state index is 0.279. The van der Waals surface area contributed by atoms with Gasteiger partial charge in [0.05, 0.1) is 0 Å². The molecule has 0 saturated heterocycles. The SMILES string of the molecule is CC(Cl)CCc1ccc2c(c1)CCN2C. The summed E-state index contributed by atoms with van der Waals surface area (Å²) in [5, 5.41) is 0.279. The average Bonchev–Trinajstić information content (AvgIpc) is 2.57. The highest BCUT2D eigenvalue weighted by Crippen LogP contribution is 2.27. The number of hydrogen-bond acceptors (Lipinski definition) is 1. The quantitative estimate of drug-likeness (QED) is 0.712. The van der Waals surface area contributed by atoms with Gasteiger partial charge in [-0.2, -0.15) is 0 Å². The maximum Gasteiger partial charge on any atom is 0.0397 e. The van der Waals surface area contributed by atoms with E-state index in [4.69, 9.17) is 11.6 Å². The molecule has 1 heterocycles. The number of fused-ring (bicyclic) bond motifs is 1. The van der Waals surface area contributed by atoms with Gasteiger partial charge in [-0.1, -0.05) is 12.1 Å². The van der Waals surface area contributed by atoms with E-state index in [2.05, 4.69) is 37.1 Å². The Labute approximate surface area is 97.0 Å². The predicted molar refractivity (Wildman–Crippen MR) is 67.1 cm³/mol. The van der Waals surface area contributed by atoms with Gasteiger partial charge in [-0.15, -0.1) is 11.6 Å². The van der Waals surface area contributed by atoms with Gasteiger partial charge >= 0.3 is 0 Å². The summed E-state index contributed by atoms with van der Waals surface area (Å²) in [5.41, 5.74) is 4.33. The van der Waals surface area contributed by atoms with Gasteiger partial charge in [0.15, 0.2) is 0 Å². The molecular weight excluding hydrogens is 206 g/mol. The first-order chi connectivity index (χ1) is 7.16. The van der Waals surface area contributed by atoms with E-state index in [1.54, 1.807) is 0 Å². The van der Waals surface area contributed by atoms with Gasteiger partial charge in [-0.3, -0.25) is 0 Å². The number of alkyl halides is 1. The minimum absolute atomic E-state index is 0.279. The fraction of sp³-hybridized carbons (Fsp3) is 0.538. The van der Waals surface area contributed by atoms with Crippen LogP contribution in [-0.2, 0) is 12.8 Å². The molecule has 1 nitrogen and oxygen atoms in total. The van der Waals surface area contributed by atoms with Crippen molar-refractivity contribution in [1.29, 1.82) is 0 Å². The Morgan fingerprint density at radius 1 is 1.47 bits per heavy atom. The van der Waals surface area contributed by atoms with Gasteiger partial charge in [0.25, 0.3) is 0 Å². The minimum Gasteiger partial charge on any atom is -0.374 e. The first-order valence-electron chi connectivity index (χ1n) is 5.64. The Morgan fingerprint density at radius 3 is 3.00 bits per heavy atom. The molecular formula is C13H18ClN. The van der Waals surface area contributed by atoms with Crippen LogP contribution in [0.4, 0.5) is 5.69 Å². The lowest BCUT2D eigenvalue weighted by Gasteiger charge is -2.12. The number of benzene rings is 1. The van der Waals surface area contributed by atoms with Crippen LogP contribution in [0.15, 0.2) is 18.2 Å². The third-order valence-electron chi connectivity index (χ3n) is 3.10. The lowest BCUT2D eigenvalue weighted by molar-refractivity contribution is 0.802. The number of halogens is 1. The second-order valence-corrected chi connectivity index (χ2v) is 5.20. The lowest BCUT2D eigenvalue weighted by atomic mass is 10.0. The number of hydrogen-bond donors (Lipinski definition) is 0. The summed E-state index contributed by atoms with van der Waals surface area (Å²) in [4.78, 5) is 2.32. The van der Waals surface area contributed by atoms with Crippen molar-refractivity contribution in [1.82, 2.24) is 0 Å². The van der Waals surface area contributed by atoms with Gasteiger partial charge in [-0.05, 0) is 43.4 Å². The number of aryl methyl sites for hydroxylation is 1. The molecule has 1 aromatic carbocycles. The third kappa shape index (κ3) is 2.46. The molecule has 2 rings (SSSR count). The van der Waals surface area contributed by atoms with Gasteiger partial charge in [0.2, 0.25) is 0 Å². The maximum absolute atomic E-state index is 5.96. The van der Waals surface area contributed by atoms with Crippen LogP contribution in [0.3, 0.4) is 0 Å². The molecule has 0 N–H and O–H groups in total. The second-order valence-electron chi connectivity index (χ2n) is 4.45. The first kappa shape index (κ1) is 10.8. The summed E-state index contributed by atoms with van der Waals surface area (Å²) < 4.78 is 0. The van der Waals surface area contributed by atoms with Crippen molar-refractivity contribution in [3.8, 4) is 0 Å². The van der Waals surface area contributed by atoms with Gasteiger partial charge < -0.3 is 4.90 Å². The molecule has 2 heteroatoms. The molecule has 0 fully saturated rings. The van der Waals surface area contributed by atoms with Crippen LogP contribution in [0.25, 0.3) is 0 Å². The standard InChI is InChI=1S/C13H18ClN/c1-10(14)3-4-11-5-6-13-12(9-11)7-8-15(13)2/h5-6,9-10H,3-4,7-8H2,1-2H3. The van der Waals surface area contributed by atoms with E-state index in [0.29, 0.717) is 0 Å². The van der Waals surface area contributed by atoms with Gasteiger partial charge in [0, 0.05) is 24.7 Å². The Balaban J connectivity index is 2.09. The first-order valence-corrected chi connectivity index (χ1v) is 6.07. The van der Waals surface area contributed by atoms with Crippen LogP contribution in [-0.4, -0.2) is 19.0 Å². The van der Waals surface area contributed by atoms with Crippen LogP contribution >= 0.6 is 11.6 Å². The number of rotatable bonds is 3. The summed E-state index contributed by atoms with van der Waals surface area (Å²) >= 11 is 5.96. The van der Waals surface area contributed by atoms with E-state index < -0.39 is 0 Å². The zero-order valence-electron chi connectivity index (χ0n) is 9.46. The molecule has 1 aliphatic heterocycles. The van der Waals surface area contributed by atoms with Crippen LogP contribution in [0.2, 0.25) is 0 Å². The molecule has 1 unspecified atom stereocenters. The summed E-state index contributed by atoms with van der Waals surface area (Å²) in [6, 6.07) is 6.83. The molecule has 1 aliphatic rings. The zero-order valence-corrected chi connectivity index (χ0v) is 10.2. The average molecular weight is 224 g/mol. The highest BCUT2D eigenvalue weighted by molar-refractivity contribution is 6.20. The molecule has 0 aliphatic carbocycles. The third-order valence-corrected chi connectivity index (χ3v) is 3.32. The smallest absolute Gasteiger partial charge is 0.0397 e. The number of nitrogens with zero attached hydrogens (tertiary/aromatic N) is 1. The molecule has 0 spiro atoms. The van der Waals surface area contributed by atoms with Crippen molar-refractivity contribution < 1.29 is 0 Å². The van der Waals surface area contributed by atoms with Gasteiger partial charge in [0.1, 0.15) is 0 Å². The highest BCUT2D eigenvalue weighted by atomic mass is 35.5. The highest BCUT2D eigenvalue weighted by Gasteiger charge is 2.15. The summed E-state index contributed by atoms with van der Waals surface area (Å²) in [6.45, 7) is 3.22.